The molecule has 0 aliphatic heterocycles. The molecule has 1 heterocycles. The molecule has 0 saturated heterocycles. The van der Waals surface area contributed by atoms with Gasteiger partial charge >= 0.3 is 6.36 Å². The van der Waals surface area contributed by atoms with Crippen LogP contribution in [-0.4, -0.2) is 23.4 Å². The van der Waals surface area contributed by atoms with Gasteiger partial charge in [0.2, 0.25) is 0 Å². The van der Waals surface area contributed by atoms with Crippen molar-refractivity contribution in [3.8, 4) is 17.0 Å². The Labute approximate surface area is 124 Å². The number of nitrogen functional groups attached to an aromatic ring is 1. The lowest BCUT2D eigenvalue weighted by atomic mass is 10.0. The minimum Gasteiger partial charge on any atom is -0.406 e. The molecule has 9 heteroatoms. The second-order valence-corrected chi connectivity index (χ2v) is 4.23. The normalized spacial score (nSPS) is 11.3. The van der Waals surface area contributed by atoms with Crippen LogP contribution in [0.3, 0.4) is 0 Å². The van der Waals surface area contributed by atoms with Crippen LogP contribution in [0.2, 0.25) is 0 Å². The van der Waals surface area contributed by atoms with E-state index in [0.29, 0.717) is 22.6 Å². The Morgan fingerprint density at radius 1 is 1.23 bits per heavy atom. The number of anilines is 1. The lowest BCUT2D eigenvalue weighted by Crippen LogP contribution is -2.17. The number of alkyl halides is 3. The van der Waals surface area contributed by atoms with Gasteiger partial charge in [-0.05, 0) is 23.8 Å². The Morgan fingerprint density at radius 3 is 2.55 bits per heavy atom. The number of nitrogens with one attached hydrogen (secondary N) is 1. The quantitative estimate of drug-likeness (QED) is 0.652. The lowest BCUT2D eigenvalue weighted by Gasteiger charge is -2.13. The van der Waals surface area contributed by atoms with Gasteiger partial charge in [-0.1, -0.05) is 0 Å². The van der Waals surface area contributed by atoms with Crippen molar-refractivity contribution in [1.82, 2.24) is 9.97 Å². The summed E-state index contributed by atoms with van der Waals surface area (Å²) in [5, 5.41) is 0. The van der Waals surface area contributed by atoms with Gasteiger partial charge in [-0.3, -0.25) is 4.98 Å². The number of hydrazine groups is 1. The fourth-order valence-corrected chi connectivity index (χ4v) is 1.83. The molecule has 118 valence electrons. The first-order valence-electron chi connectivity index (χ1n) is 6.09. The molecule has 2 aromatic rings. The van der Waals surface area contributed by atoms with Crippen LogP contribution >= 0.6 is 0 Å². The number of nitrogens with two attached hydrogens (primary N) is 1. The van der Waals surface area contributed by atoms with E-state index >= 15 is 0 Å². The summed E-state index contributed by atoms with van der Waals surface area (Å²) in [5.41, 5.74) is 3.90. The Morgan fingerprint density at radius 2 is 2.00 bits per heavy atom. The largest absolute Gasteiger partial charge is 0.573 e. The third kappa shape index (κ3) is 4.06. The molecular formula is C13H13F3N4O2. The fraction of sp³-hybridized carbons (Fsp3) is 0.231. The van der Waals surface area contributed by atoms with Gasteiger partial charge in [-0.25, -0.2) is 10.8 Å². The minimum atomic E-state index is -4.75. The van der Waals surface area contributed by atoms with Crippen molar-refractivity contribution < 1.29 is 22.6 Å². The van der Waals surface area contributed by atoms with Crippen molar-refractivity contribution in [3.05, 3.63) is 36.2 Å². The molecule has 0 bridgehead atoms. The van der Waals surface area contributed by atoms with E-state index in [0.717, 1.165) is 0 Å². The van der Waals surface area contributed by atoms with Crippen molar-refractivity contribution in [2.45, 2.75) is 13.0 Å². The van der Waals surface area contributed by atoms with E-state index in [-0.39, 0.29) is 12.4 Å². The number of halogens is 3. The molecule has 6 nitrogen and oxygen atoms in total. The van der Waals surface area contributed by atoms with Crippen LogP contribution in [0.25, 0.3) is 11.3 Å². The number of hydrogen-bond acceptors (Lipinski definition) is 6. The van der Waals surface area contributed by atoms with Crippen LogP contribution in [0.5, 0.6) is 5.75 Å². The molecule has 0 saturated carbocycles. The standard InChI is InChI=1S/C13H13F3N4O2/c1-21-7-8-4-9(22-13(14,15)16)2-3-10(8)11-5-19-12(20-17)6-18-11/h2-6H,7,17H2,1H3,(H,19,20). The van der Waals surface area contributed by atoms with Gasteiger partial charge in [0, 0.05) is 12.7 Å². The molecule has 2 rings (SSSR count). The highest BCUT2D eigenvalue weighted by molar-refractivity contribution is 5.64. The van der Waals surface area contributed by atoms with Gasteiger partial charge in [0.05, 0.1) is 24.7 Å². The van der Waals surface area contributed by atoms with Gasteiger partial charge in [0.25, 0.3) is 0 Å². The average molecular weight is 314 g/mol. The summed E-state index contributed by atoms with van der Waals surface area (Å²) in [6.07, 6.45) is -1.89. The van der Waals surface area contributed by atoms with Crippen molar-refractivity contribution in [3.63, 3.8) is 0 Å². The van der Waals surface area contributed by atoms with Crippen LogP contribution < -0.4 is 16.0 Å². The molecule has 0 atom stereocenters. The topological polar surface area (TPSA) is 82.3 Å². The number of benzene rings is 1. The molecule has 0 aliphatic rings. The smallest absolute Gasteiger partial charge is 0.406 e. The lowest BCUT2D eigenvalue weighted by molar-refractivity contribution is -0.274. The molecule has 1 aromatic heterocycles. The van der Waals surface area contributed by atoms with Crippen LogP contribution in [0.15, 0.2) is 30.6 Å². The summed E-state index contributed by atoms with van der Waals surface area (Å²) in [7, 11) is 1.44. The maximum absolute atomic E-state index is 12.3. The highest BCUT2D eigenvalue weighted by atomic mass is 19.4. The molecular weight excluding hydrogens is 301 g/mol. The molecule has 22 heavy (non-hydrogen) atoms. The first kappa shape index (κ1) is 16.0. The molecule has 0 radical (unpaired) electrons. The van der Waals surface area contributed by atoms with E-state index in [2.05, 4.69) is 20.1 Å². The van der Waals surface area contributed by atoms with Crippen molar-refractivity contribution in [2.75, 3.05) is 12.5 Å². The van der Waals surface area contributed by atoms with Crippen LogP contribution in [0, 0.1) is 0 Å². The summed E-state index contributed by atoms with van der Waals surface area (Å²) >= 11 is 0. The summed E-state index contributed by atoms with van der Waals surface area (Å²) in [6, 6.07) is 3.93. The summed E-state index contributed by atoms with van der Waals surface area (Å²) in [5.74, 6) is 5.25. The zero-order valence-corrected chi connectivity index (χ0v) is 11.5. The third-order valence-corrected chi connectivity index (χ3v) is 2.69. The van der Waals surface area contributed by atoms with Gasteiger partial charge in [0.15, 0.2) is 5.82 Å². The van der Waals surface area contributed by atoms with Crippen LogP contribution in [0.1, 0.15) is 5.56 Å². The average Bonchev–Trinajstić information content (AvgIpc) is 2.46. The van der Waals surface area contributed by atoms with E-state index in [9.17, 15) is 13.2 Å². The molecule has 0 spiro atoms. The molecule has 0 unspecified atom stereocenters. The van der Waals surface area contributed by atoms with Gasteiger partial charge in [-0.2, -0.15) is 0 Å². The molecule has 0 aliphatic carbocycles. The number of methoxy groups -OCH3 is 1. The predicted molar refractivity (Wildman–Crippen MR) is 72.7 cm³/mol. The van der Waals surface area contributed by atoms with Crippen molar-refractivity contribution >= 4 is 5.82 Å². The van der Waals surface area contributed by atoms with E-state index in [1.165, 1.54) is 37.7 Å². The summed E-state index contributed by atoms with van der Waals surface area (Å²) < 4.78 is 45.7. The Bertz CT molecular complexity index is 632. The van der Waals surface area contributed by atoms with Crippen LogP contribution in [0.4, 0.5) is 19.0 Å². The number of rotatable bonds is 5. The third-order valence-electron chi connectivity index (χ3n) is 2.69. The highest BCUT2D eigenvalue weighted by Gasteiger charge is 2.31. The first-order valence-corrected chi connectivity index (χ1v) is 6.09. The maximum atomic E-state index is 12.3. The number of aromatic nitrogens is 2. The SMILES string of the molecule is COCc1cc(OC(F)(F)F)ccc1-c1cnc(NN)cn1. The zero-order valence-electron chi connectivity index (χ0n) is 11.5. The molecule has 0 fully saturated rings. The molecule has 3 N–H and O–H groups in total. The minimum absolute atomic E-state index is 0.100. The van der Waals surface area contributed by atoms with E-state index in [1.807, 2.05) is 0 Å². The Hall–Kier alpha value is -2.39. The number of ether oxygens (including phenoxy) is 2. The van der Waals surface area contributed by atoms with E-state index in [4.69, 9.17) is 10.6 Å². The molecule has 0 amide bonds. The second-order valence-electron chi connectivity index (χ2n) is 4.23. The van der Waals surface area contributed by atoms with E-state index < -0.39 is 6.36 Å². The van der Waals surface area contributed by atoms with Gasteiger partial charge in [-0.15, -0.1) is 13.2 Å². The molecule has 1 aromatic carbocycles. The summed E-state index contributed by atoms with van der Waals surface area (Å²) in [6.45, 7) is 0.100. The van der Waals surface area contributed by atoms with Crippen molar-refractivity contribution in [1.29, 1.82) is 0 Å². The fourth-order valence-electron chi connectivity index (χ4n) is 1.83. The van der Waals surface area contributed by atoms with Crippen molar-refractivity contribution in [2.24, 2.45) is 5.84 Å². The van der Waals surface area contributed by atoms with E-state index in [1.54, 1.807) is 0 Å². The monoisotopic (exact) mass is 314 g/mol. The first-order chi connectivity index (χ1) is 10.4. The number of hydrogen-bond donors (Lipinski definition) is 2. The Balaban J connectivity index is 2.37. The van der Waals surface area contributed by atoms with Crippen LogP contribution in [-0.2, 0) is 11.3 Å². The highest BCUT2D eigenvalue weighted by Crippen LogP contribution is 2.29. The second kappa shape index (κ2) is 6.58. The Kier molecular flexibility index (Phi) is 4.78. The zero-order chi connectivity index (χ0) is 16.2. The van der Waals surface area contributed by atoms with Gasteiger partial charge < -0.3 is 14.9 Å². The predicted octanol–water partition coefficient (Wildman–Crippen LogP) is 2.47. The maximum Gasteiger partial charge on any atom is 0.573 e. The van der Waals surface area contributed by atoms with Gasteiger partial charge in [0.1, 0.15) is 5.75 Å². The number of nitrogens with zero attached hydrogens (tertiary/aromatic N) is 2. The summed E-state index contributed by atoms with van der Waals surface area (Å²) in [4.78, 5) is 8.15.